The molecule has 1 atom stereocenters. The molecule has 4 aromatic heterocycles. The molecule has 1 aromatic carbocycles. The van der Waals surface area contributed by atoms with Gasteiger partial charge in [-0.15, -0.1) is 0 Å². The number of rotatable bonds is 3. The molecule has 166 valence electrons. The van der Waals surface area contributed by atoms with Crippen molar-refractivity contribution in [2.45, 2.75) is 31.9 Å². The number of furan rings is 1. The van der Waals surface area contributed by atoms with Crippen LogP contribution >= 0.6 is 0 Å². The number of aromatic amines is 1. The van der Waals surface area contributed by atoms with Crippen LogP contribution in [0, 0.1) is 0 Å². The first-order valence-corrected chi connectivity index (χ1v) is 10.9. The fraction of sp³-hybridized carbons (Fsp3) is 0.240. The van der Waals surface area contributed by atoms with E-state index in [9.17, 15) is 9.90 Å². The smallest absolute Gasteiger partial charge is 0.258 e. The number of para-hydroxylation sites is 1. The van der Waals surface area contributed by atoms with E-state index in [0.29, 0.717) is 29.8 Å². The van der Waals surface area contributed by atoms with E-state index in [1.165, 1.54) is 0 Å². The number of amides is 1. The van der Waals surface area contributed by atoms with Gasteiger partial charge >= 0.3 is 0 Å². The van der Waals surface area contributed by atoms with Crippen LogP contribution in [0.15, 0.2) is 65.6 Å². The van der Waals surface area contributed by atoms with Gasteiger partial charge in [0.15, 0.2) is 0 Å². The zero-order valence-corrected chi connectivity index (χ0v) is 18.3. The molecule has 6 rings (SSSR count). The molecule has 0 radical (unpaired) electrons. The Labute approximate surface area is 189 Å². The molecule has 2 N–H and O–H groups in total. The molecular weight excluding hydrogens is 418 g/mol. The summed E-state index contributed by atoms with van der Waals surface area (Å²) in [6.07, 6.45) is 5.69. The molecular formula is C25H23N5O3. The molecule has 1 amide bonds. The largest absolute Gasteiger partial charge is 0.458 e. The molecule has 5 aromatic rings. The predicted molar refractivity (Wildman–Crippen MR) is 122 cm³/mol. The number of hydrogen-bond donors (Lipinski definition) is 2. The summed E-state index contributed by atoms with van der Waals surface area (Å²) in [5.74, 6) is 0.540. The molecule has 0 unspecified atom stereocenters. The summed E-state index contributed by atoms with van der Waals surface area (Å²) in [6, 6.07) is 13.0. The van der Waals surface area contributed by atoms with Crippen molar-refractivity contribution in [2.24, 2.45) is 0 Å². The number of aliphatic hydroxyl groups is 1. The van der Waals surface area contributed by atoms with Gasteiger partial charge < -0.3 is 19.4 Å². The third kappa shape index (κ3) is 3.14. The zero-order valence-electron chi connectivity index (χ0n) is 18.3. The number of hydrogen-bond acceptors (Lipinski definition) is 5. The lowest BCUT2D eigenvalue weighted by Crippen LogP contribution is -2.40. The van der Waals surface area contributed by atoms with Gasteiger partial charge in [-0.25, -0.2) is 9.50 Å². The van der Waals surface area contributed by atoms with Gasteiger partial charge in [-0.3, -0.25) is 4.79 Å². The van der Waals surface area contributed by atoms with Gasteiger partial charge in [-0.2, -0.15) is 5.10 Å². The maximum atomic E-state index is 13.8. The van der Waals surface area contributed by atoms with Crippen molar-refractivity contribution in [3.8, 4) is 0 Å². The van der Waals surface area contributed by atoms with Crippen molar-refractivity contribution in [1.29, 1.82) is 0 Å². The molecule has 0 bridgehead atoms. The molecule has 8 heteroatoms. The summed E-state index contributed by atoms with van der Waals surface area (Å²) in [7, 11) is 0. The lowest BCUT2D eigenvalue weighted by Gasteiger charge is -2.33. The van der Waals surface area contributed by atoms with Crippen molar-refractivity contribution in [1.82, 2.24) is 24.5 Å². The minimum atomic E-state index is -1.00. The Morgan fingerprint density at radius 1 is 1.24 bits per heavy atom. The second kappa shape index (κ2) is 7.05. The van der Waals surface area contributed by atoms with Crippen molar-refractivity contribution in [3.63, 3.8) is 0 Å². The van der Waals surface area contributed by atoms with E-state index in [0.717, 1.165) is 27.9 Å². The van der Waals surface area contributed by atoms with Crippen LogP contribution in [0.4, 0.5) is 0 Å². The maximum absolute atomic E-state index is 13.8. The summed E-state index contributed by atoms with van der Waals surface area (Å²) >= 11 is 0. The normalized spacial score (nSPS) is 16.5. The molecule has 8 nitrogen and oxygen atoms in total. The second-order valence-corrected chi connectivity index (χ2v) is 8.97. The van der Waals surface area contributed by atoms with Crippen LogP contribution in [0.5, 0.6) is 0 Å². The number of benzene rings is 1. The van der Waals surface area contributed by atoms with Crippen LogP contribution in [0.25, 0.3) is 16.5 Å². The Bertz CT molecular complexity index is 1470. The lowest BCUT2D eigenvalue weighted by molar-refractivity contribution is 0.0674. The minimum absolute atomic E-state index is 0.139. The van der Waals surface area contributed by atoms with Gasteiger partial charge in [0, 0.05) is 35.8 Å². The number of pyridine rings is 1. The Hall–Kier alpha value is -3.91. The first kappa shape index (κ1) is 19.8. The molecule has 33 heavy (non-hydrogen) atoms. The highest BCUT2D eigenvalue weighted by Gasteiger charge is 2.37. The number of carbonyl (C=O) groups excluding carboxylic acids is 1. The number of imidazole rings is 1. The van der Waals surface area contributed by atoms with Crippen molar-refractivity contribution >= 4 is 22.4 Å². The summed E-state index contributed by atoms with van der Waals surface area (Å²) in [5, 5.41) is 15.7. The highest BCUT2D eigenvalue weighted by molar-refractivity contribution is 6.01. The van der Waals surface area contributed by atoms with E-state index < -0.39 is 11.6 Å². The average molecular weight is 441 g/mol. The topological polar surface area (TPSA) is 99.7 Å². The van der Waals surface area contributed by atoms with Crippen LogP contribution in [-0.4, -0.2) is 42.0 Å². The minimum Gasteiger partial charge on any atom is -0.458 e. The highest BCUT2D eigenvalue weighted by Crippen LogP contribution is 2.37. The maximum Gasteiger partial charge on any atom is 0.258 e. The van der Waals surface area contributed by atoms with Crippen LogP contribution in [0.3, 0.4) is 0 Å². The van der Waals surface area contributed by atoms with Gasteiger partial charge in [0.2, 0.25) is 0 Å². The SMILES string of the molecule is CC(C)(O)c1ccc2c(C(=O)N3CCc4[nH]cnc4[C@H]3c3cc4ccccc4o3)cnn2c1. The fourth-order valence-electron chi connectivity index (χ4n) is 4.59. The number of nitrogens with one attached hydrogen (secondary N) is 1. The molecule has 1 aliphatic heterocycles. The van der Waals surface area contributed by atoms with E-state index >= 15 is 0 Å². The second-order valence-electron chi connectivity index (χ2n) is 8.97. The van der Waals surface area contributed by atoms with Gasteiger partial charge in [0.1, 0.15) is 17.4 Å². The summed E-state index contributed by atoms with van der Waals surface area (Å²) in [6.45, 7) is 3.96. The van der Waals surface area contributed by atoms with Gasteiger partial charge in [0.25, 0.3) is 5.91 Å². The van der Waals surface area contributed by atoms with Crippen molar-refractivity contribution in [2.75, 3.05) is 6.54 Å². The summed E-state index contributed by atoms with van der Waals surface area (Å²) < 4.78 is 7.82. The molecule has 0 aliphatic carbocycles. The van der Waals surface area contributed by atoms with Crippen LogP contribution in [0.1, 0.15) is 53.0 Å². The Kier molecular flexibility index (Phi) is 4.22. The summed E-state index contributed by atoms with van der Waals surface area (Å²) in [5.41, 5.74) is 3.49. The van der Waals surface area contributed by atoms with E-state index in [1.54, 1.807) is 37.1 Å². The zero-order chi connectivity index (χ0) is 22.7. The number of carbonyl (C=O) groups is 1. The monoisotopic (exact) mass is 441 g/mol. The van der Waals surface area contributed by atoms with Gasteiger partial charge in [-0.1, -0.05) is 24.3 Å². The molecule has 1 aliphatic rings. The fourth-order valence-corrected chi connectivity index (χ4v) is 4.59. The van der Waals surface area contributed by atoms with E-state index in [1.807, 2.05) is 47.4 Å². The van der Waals surface area contributed by atoms with Crippen molar-refractivity contribution < 1.29 is 14.3 Å². The van der Waals surface area contributed by atoms with Crippen LogP contribution in [-0.2, 0) is 12.0 Å². The van der Waals surface area contributed by atoms with E-state index in [4.69, 9.17) is 4.42 Å². The Morgan fingerprint density at radius 3 is 2.91 bits per heavy atom. The predicted octanol–water partition coefficient (Wildman–Crippen LogP) is 3.82. The quantitative estimate of drug-likeness (QED) is 0.443. The first-order chi connectivity index (χ1) is 15.9. The summed E-state index contributed by atoms with van der Waals surface area (Å²) in [4.78, 5) is 23.4. The lowest BCUT2D eigenvalue weighted by atomic mass is 9.98. The third-order valence-electron chi connectivity index (χ3n) is 6.35. The number of fused-ring (bicyclic) bond motifs is 3. The van der Waals surface area contributed by atoms with Crippen LogP contribution < -0.4 is 0 Å². The third-order valence-corrected chi connectivity index (χ3v) is 6.35. The molecule has 0 saturated carbocycles. The Balaban J connectivity index is 1.44. The van der Waals surface area contributed by atoms with Crippen LogP contribution in [0.2, 0.25) is 0 Å². The average Bonchev–Trinajstić information content (AvgIpc) is 3.54. The molecule has 0 fully saturated rings. The molecule has 0 spiro atoms. The van der Waals surface area contributed by atoms with Gasteiger partial charge in [-0.05, 0) is 32.0 Å². The molecule has 5 heterocycles. The standard InChI is InChI=1S/C25H23N5O3/c1-25(2,32)16-7-8-19-17(12-28-30(19)13-16)24(31)29-10-9-18-22(27-14-26-18)23(29)21-11-15-5-3-4-6-20(15)33-21/h3-8,11-14,23,32H,9-10H2,1-2H3,(H,26,27)/t23-/m1/s1. The molecule has 0 saturated heterocycles. The number of H-pyrrole nitrogens is 1. The highest BCUT2D eigenvalue weighted by atomic mass is 16.3. The number of nitrogens with zero attached hydrogens (tertiary/aromatic N) is 4. The van der Waals surface area contributed by atoms with E-state index in [-0.39, 0.29) is 5.91 Å². The van der Waals surface area contributed by atoms with Crippen molar-refractivity contribution in [3.05, 3.63) is 89.5 Å². The Morgan fingerprint density at radius 2 is 2.09 bits per heavy atom. The number of aromatic nitrogens is 4. The van der Waals surface area contributed by atoms with Gasteiger partial charge in [0.05, 0.1) is 34.9 Å². The first-order valence-electron chi connectivity index (χ1n) is 10.9. The van der Waals surface area contributed by atoms with E-state index in [2.05, 4.69) is 15.1 Å².